The first-order valence-corrected chi connectivity index (χ1v) is 18.9. The lowest BCUT2D eigenvalue weighted by atomic mass is 10.0. The van der Waals surface area contributed by atoms with E-state index in [4.69, 9.17) is 15.0 Å². The Bertz CT molecular complexity index is 3220. The predicted octanol–water partition coefficient (Wildman–Crippen LogP) is 13.2. The van der Waals surface area contributed by atoms with Crippen LogP contribution in [-0.2, 0) is 0 Å². The zero-order chi connectivity index (χ0) is 35.6. The molecule has 4 nitrogen and oxygen atoms in total. The van der Waals surface area contributed by atoms with Crippen molar-refractivity contribution in [2.75, 3.05) is 0 Å². The minimum atomic E-state index is 0.648. The van der Waals surface area contributed by atoms with Crippen LogP contribution in [0.4, 0.5) is 0 Å². The summed E-state index contributed by atoms with van der Waals surface area (Å²) in [7, 11) is 0. The Hall–Kier alpha value is -6.95. The molecule has 0 saturated carbocycles. The fourth-order valence-electron chi connectivity index (χ4n) is 7.88. The van der Waals surface area contributed by atoms with Crippen LogP contribution >= 0.6 is 11.3 Å². The molecule has 0 amide bonds. The van der Waals surface area contributed by atoms with Gasteiger partial charge in [0.15, 0.2) is 17.5 Å². The number of benzene rings is 8. The first kappa shape index (κ1) is 30.7. The van der Waals surface area contributed by atoms with Gasteiger partial charge in [-0.15, -0.1) is 11.3 Å². The van der Waals surface area contributed by atoms with Gasteiger partial charge in [-0.05, 0) is 64.4 Å². The standard InChI is InChI=1S/C49H30N4S/c1-3-13-31(14-4-1)33-19-11-20-36(27-33)48-50-47(32-15-5-2-6-16-32)51-49(52-48)40-22-12-24-44-46(40)39-26-25-37(30-45(39)54-44)53-42-23-10-9-21-38(42)41-28-34-17-7-8-18-35(34)29-43(41)53/h1-30H. The third kappa shape index (κ3) is 5.01. The van der Waals surface area contributed by atoms with Crippen molar-refractivity contribution in [3.8, 4) is 51.0 Å². The van der Waals surface area contributed by atoms with Crippen molar-refractivity contribution in [2.45, 2.75) is 0 Å². The molecule has 0 N–H and O–H groups in total. The molecule has 0 spiro atoms. The topological polar surface area (TPSA) is 43.6 Å². The first-order chi connectivity index (χ1) is 26.7. The van der Waals surface area contributed by atoms with E-state index in [0.717, 1.165) is 38.9 Å². The van der Waals surface area contributed by atoms with Crippen molar-refractivity contribution >= 4 is 64.1 Å². The van der Waals surface area contributed by atoms with Crippen molar-refractivity contribution < 1.29 is 0 Å². The Morgan fingerprint density at radius 1 is 0.370 bits per heavy atom. The highest BCUT2D eigenvalue weighted by atomic mass is 32.1. The van der Waals surface area contributed by atoms with E-state index in [-0.39, 0.29) is 0 Å². The quantitative estimate of drug-likeness (QED) is 0.179. The molecule has 0 unspecified atom stereocenters. The van der Waals surface area contributed by atoms with Gasteiger partial charge in [0.05, 0.1) is 11.0 Å². The first-order valence-electron chi connectivity index (χ1n) is 18.1. The monoisotopic (exact) mass is 706 g/mol. The maximum Gasteiger partial charge on any atom is 0.164 e. The normalized spacial score (nSPS) is 11.7. The van der Waals surface area contributed by atoms with Crippen molar-refractivity contribution in [1.29, 1.82) is 0 Å². The molecule has 0 radical (unpaired) electrons. The molecule has 3 aromatic heterocycles. The van der Waals surface area contributed by atoms with Gasteiger partial charge in [0.2, 0.25) is 0 Å². The summed E-state index contributed by atoms with van der Waals surface area (Å²) in [6.07, 6.45) is 0. The average molecular weight is 707 g/mol. The fourth-order valence-corrected chi connectivity index (χ4v) is 9.05. The molecule has 3 heterocycles. The molecule has 0 atom stereocenters. The largest absolute Gasteiger partial charge is 0.309 e. The number of hydrogen-bond acceptors (Lipinski definition) is 4. The molecule has 11 rings (SSSR count). The summed E-state index contributed by atoms with van der Waals surface area (Å²) in [4.78, 5) is 15.4. The van der Waals surface area contributed by atoms with Gasteiger partial charge in [0.25, 0.3) is 0 Å². The van der Waals surface area contributed by atoms with Gasteiger partial charge in [-0.25, -0.2) is 15.0 Å². The smallest absolute Gasteiger partial charge is 0.164 e. The van der Waals surface area contributed by atoms with E-state index in [1.165, 1.54) is 47.4 Å². The second-order valence-electron chi connectivity index (χ2n) is 13.6. The molecule has 8 aromatic carbocycles. The summed E-state index contributed by atoms with van der Waals surface area (Å²) in [6.45, 7) is 0. The number of para-hydroxylation sites is 1. The second-order valence-corrected chi connectivity index (χ2v) is 14.7. The van der Waals surface area contributed by atoms with Crippen molar-refractivity contribution in [1.82, 2.24) is 19.5 Å². The Balaban J connectivity index is 1.10. The molecule has 0 aliphatic carbocycles. The third-order valence-corrected chi connectivity index (χ3v) is 11.5. The van der Waals surface area contributed by atoms with E-state index in [2.05, 4.69) is 162 Å². The maximum atomic E-state index is 5.20. The van der Waals surface area contributed by atoms with Crippen LogP contribution in [0.1, 0.15) is 0 Å². The molecule has 0 bridgehead atoms. The average Bonchev–Trinajstić information content (AvgIpc) is 3.78. The number of rotatable bonds is 5. The zero-order valence-electron chi connectivity index (χ0n) is 29.0. The highest BCUT2D eigenvalue weighted by Gasteiger charge is 2.19. The number of aromatic nitrogens is 4. The van der Waals surface area contributed by atoms with Gasteiger partial charge in [-0.1, -0.05) is 140 Å². The van der Waals surface area contributed by atoms with Crippen LogP contribution in [0.3, 0.4) is 0 Å². The zero-order valence-corrected chi connectivity index (χ0v) is 29.8. The van der Waals surface area contributed by atoms with Gasteiger partial charge >= 0.3 is 0 Å². The van der Waals surface area contributed by atoms with Gasteiger partial charge in [-0.2, -0.15) is 0 Å². The SMILES string of the molecule is c1ccc(-c2cccc(-c3nc(-c4ccccc4)nc(-c4cccc5sc6cc(-n7c8ccccc8c8cc9ccccc9cc87)ccc6c45)n3)c2)cc1. The minimum absolute atomic E-state index is 0.648. The highest BCUT2D eigenvalue weighted by molar-refractivity contribution is 7.26. The molecule has 252 valence electrons. The molecular weight excluding hydrogens is 677 g/mol. The molecular formula is C49H30N4S. The summed E-state index contributed by atoms with van der Waals surface area (Å²) in [5.74, 6) is 1.96. The van der Waals surface area contributed by atoms with Crippen LogP contribution in [0.5, 0.6) is 0 Å². The molecule has 0 aliphatic rings. The molecule has 0 saturated heterocycles. The van der Waals surface area contributed by atoms with Crippen LogP contribution in [-0.4, -0.2) is 19.5 Å². The van der Waals surface area contributed by atoms with Crippen LogP contribution in [0.15, 0.2) is 182 Å². The van der Waals surface area contributed by atoms with E-state index >= 15 is 0 Å². The molecule has 5 heteroatoms. The lowest BCUT2D eigenvalue weighted by molar-refractivity contribution is 1.08. The second kappa shape index (κ2) is 12.3. The van der Waals surface area contributed by atoms with Crippen molar-refractivity contribution in [3.63, 3.8) is 0 Å². The van der Waals surface area contributed by atoms with Gasteiger partial charge in [0, 0.05) is 53.3 Å². The Labute approximate surface area is 315 Å². The van der Waals surface area contributed by atoms with Crippen LogP contribution in [0.25, 0.3) is 104 Å². The molecule has 54 heavy (non-hydrogen) atoms. The predicted molar refractivity (Wildman–Crippen MR) is 226 cm³/mol. The number of nitrogens with zero attached hydrogens (tertiary/aromatic N) is 4. The summed E-state index contributed by atoms with van der Waals surface area (Å²) < 4.78 is 4.83. The molecule has 0 aliphatic heterocycles. The van der Waals surface area contributed by atoms with E-state index in [1.54, 1.807) is 0 Å². The Morgan fingerprint density at radius 3 is 1.85 bits per heavy atom. The van der Waals surface area contributed by atoms with Crippen molar-refractivity contribution in [3.05, 3.63) is 182 Å². The Morgan fingerprint density at radius 2 is 1.02 bits per heavy atom. The van der Waals surface area contributed by atoms with E-state index in [9.17, 15) is 0 Å². The summed E-state index contributed by atoms with van der Waals surface area (Å²) in [6, 6.07) is 64.4. The van der Waals surface area contributed by atoms with Crippen LogP contribution in [0, 0.1) is 0 Å². The molecule has 0 fully saturated rings. The lowest BCUT2D eigenvalue weighted by Gasteiger charge is -2.11. The van der Waals surface area contributed by atoms with E-state index in [0.29, 0.717) is 17.5 Å². The van der Waals surface area contributed by atoms with Gasteiger partial charge < -0.3 is 4.57 Å². The highest BCUT2D eigenvalue weighted by Crippen LogP contribution is 2.42. The third-order valence-electron chi connectivity index (χ3n) is 10.4. The van der Waals surface area contributed by atoms with E-state index in [1.807, 2.05) is 35.6 Å². The number of hydrogen-bond donors (Lipinski definition) is 0. The van der Waals surface area contributed by atoms with Crippen molar-refractivity contribution in [2.24, 2.45) is 0 Å². The number of fused-ring (bicyclic) bond motifs is 7. The van der Waals surface area contributed by atoms with Crippen LogP contribution < -0.4 is 0 Å². The van der Waals surface area contributed by atoms with Gasteiger partial charge in [0.1, 0.15) is 0 Å². The number of thiophene rings is 1. The van der Waals surface area contributed by atoms with E-state index < -0.39 is 0 Å². The van der Waals surface area contributed by atoms with Crippen LogP contribution in [0.2, 0.25) is 0 Å². The fraction of sp³-hybridized carbons (Fsp3) is 0. The summed E-state index contributed by atoms with van der Waals surface area (Å²) >= 11 is 1.81. The summed E-state index contributed by atoms with van der Waals surface area (Å²) in [5, 5.41) is 7.35. The Kier molecular flexibility index (Phi) is 7.00. The maximum absolute atomic E-state index is 5.20. The van der Waals surface area contributed by atoms with Gasteiger partial charge in [-0.3, -0.25) is 0 Å². The minimum Gasteiger partial charge on any atom is -0.309 e. The lowest BCUT2D eigenvalue weighted by Crippen LogP contribution is -2.00. The summed E-state index contributed by atoms with van der Waals surface area (Å²) in [5.41, 5.74) is 8.72. The molecule has 11 aromatic rings.